The second kappa shape index (κ2) is 3.00. The molecule has 1 rings (SSSR count). The average molecular weight is 170 g/mol. The van der Waals surface area contributed by atoms with Crippen LogP contribution in [0.3, 0.4) is 0 Å². The van der Waals surface area contributed by atoms with Crippen molar-refractivity contribution in [3.05, 3.63) is 0 Å². The van der Waals surface area contributed by atoms with E-state index >= 15 is 0 Å². The third-order valence-corrected chi connectivity index (χ3v) is 3.26. The topological polar surface area (TPSA) is 29.3 Å². The van der Waals surface area contributed by atoms with E-state index in [4.69, 9.17) is 5.73 Å². The van der Waals surface area contributed by atoms with Gasteiger partial charge < -0.3 is 10.6 Å². The summed E-state index contributed by atoms with van der Waals surface area (Å²) in [7, 11) is 4.25. The first-order chi connectivity index (χ1) is 5.37. The van der Waals surface area contributed by atoms with Crippen LogP contribution in [-0.4, -0.2) is 31.1 Å². The van der Waals surface area contributed by atoms with E-state index in [9.17, 15) is 0 Å². The summed E-state index contributed by atoms with van der Waals surface area (Å²) in [6.07, 6.45) is 3.90. The van der Waals surface area contributed by atoms with E-state index in [0.29, 0.717) is 5.41 Å². The van der Waals surface area contributed by atoms with Crippen LogP contribution in [0.4, 0.5) is 0 Å². The van der Waals surface area contributed by atoms with Gasteiger partial charge in [-0.3, -0.25) is 0 Å². The molecule has 0 heterocycles. The van der Waals surface area contributed by atoms with Crippen molar-refractivity contribution in [1.29, 1.82) is 0 Å². The van der Waals surface area contributed by atoms with Crippen LogP contribution in [-0.2, 0) is 0 Å². The zero-order valence-electron chi connectivity index (χ0n) is 8.85. The van der Waals surface area contributed by atoms with E-state index in [1.807, 2.05) is 0 Å². The molecule has 2 nitrogen and oxygen atoms in total. The van der Waals surface area contributed by atoms with E-state index in [1.165, 1.54) is 25.8 Å². The number of nitrogens with two attached hydrogens (primary N) is 1. The average Bonchev–Trinajstić information content (AvgIpc) is 2.60. The lowest BCUT2D eigenvalue weighted by Crippen LogP contribution is -2.43. The predicted molar refractivity (Wildman–Crippen MR) is 53.1 cm³/mol. The molecule has 0 atom stereocenters. The molecule has 0 unspecified atom stereocenters. The maximum absolute atomic E-state index is 6.14. The second-order valence-electron chi connectivity index (χ2n) is 5.06. The van der Waals surface area contributed by atoms with Crippen molar-refractivity contribution in [2.75, 3.05) is 20.6 Å². The lowest BCUT2D eigenvalue weighted by atomic mass is 9.82. The van der Waals surface area contributed by atoms with Crippen molar-refractivity contribution in [3.63, 3.8) is 0 Å². The lowest BCUT2D eigenvalue weighted by Gasteiger charge is -2.31. The van der Waals surface area contributed by atoms with Crippen molar-refractivity contribution in [2.24, 2.45) is 11.1 Å². The van der Waals surface area contributed by atoms with Crippen LogP contribution in [0.5, 0.6) is 0 Å². The molecule has 72 valence electrons. The predicted octanol–water partition coefficient (Wildman–Crippen LogP) is 1.46. The Morgan fingerprint density at radius 3 is 2.08 bits per heavy atom. The molecule has 0 aromatic rings. The highest BCUT2D eigenvalue weighted by atomic mass is 15.1. The van der Waals surface area contributed by atoms with Gasteiger partial charge >= 0.3 is 0 Å². The van der Waals surface area contributed by atoms with E-state index in [0.717, 1.165) is 0 Å². The molecule has 0 radical (unpaired) electrons. The quantitative estimate of drug-likeness (QED) is 0.692. The number of hydrogen-bond donors (Lipinski definition) is 1. The Kier molecular flexibility index (Phi) is 2.50. The Morgan fingerprint density at radius 2 is 1.83 bits per heavy atom. The first-order valence-corrected chi connectivity index (χ1v) is 4.81. The molecule has 0 aromatic heterocycles. The maximum atomic E-state index is 6.14. The van der Waals surface area contributed by atoms with Crippen LogP contribution in [0.25, 0.3) is 0 Å². The fraction of sp³-hybridized carbons (Fsp3) is 1.00. The standard InChI is InChI=1S/C10H22N2/c1-9(2,11)10(5-6-10)7-8-12(3)4/h5-8,11H2,1-4H3. The Morgan fingerprint density at radius 1 is 1.33 bits per heavy atom. The van der Waals surface area contributed by atoms with Crippen molar-refractivity contribution in [1.82, 2.24) is 4.90 Å². The van der Waals surface area contributed by atoms with Crippen molar-refractivity contribution >= 4 is 0 Å². The summed E-state index contributed by atoms with van der Waals surface area (Å²) >= 11 is 0. The molecule has 0 aliphatic heterocycles. The number of nitrogens with zero attached hydrogens (tertiary/aromatic N) is 1. The molecule has 2 heteroatoms. The van der Waals surface area contributed by atoms with Gasteiger partial charge in [-0.15, -0.1) is 0 Å². The van der Waals surface area contributed by atoms with Crippen LogP contribution in [0.15, 0.2) is 0 Å². The molecule has 1 aliphatic carbocycles. The van der Waals surface area contributed by atoms with Gasteiger partial charge in [0.2, 0.25) is 0 Å². The Labute approximate surface area is 76.1 Å². The first-order valence-electron chi connectivity index (χ1n) is 4.81. The van der Waals surface area contributed by atoms with E-state index < -0.39 is 0 Å². The van der Waals surface area contributed by atoms with Gasteiger partial charge in [0.05, 0.1) is 0 Å². The van der Waals surface area contributed by atoms with Gasteiger partial charge in [0.15, 0.2) is 0 Å². The second-order valence-corrected chi connectivity index (χ2v) is 5.06. The molecule has 1 aliphatic rings. The van der Waals surface area contributed by atoms with Gasteiger partial charge in [-0.25, -0.2) is 0 Å². The van der Waals surface area contributed by atoms with E-state index in [1.54, 1.807) is 0 Å². The fourth-order valence-electron chi connectivity index (χ4n) is 1.81. The number of rotatable bonds is 4. The van der Waals surface area contributed by atoms with Gasteiger partial charge in [0, 0.05) is 5.54 Å². The molecule has 0 amide bonds. The van der Waals surface area contributed by atoms with Gasteiger partial charge in [-0.1, -0.05) is 0 Å². The molecular weight excluding hydrogens is 148 g/mol. The Hall–Kier alpha value is -0.0800. The van der Waals surface area contributed by atoms with Crippen molar-refractivity contribution < 1.29 is 0 Å². The summed E-state index contributed by atoms with van der Waals surface area (Å²) in [4.78, 5) is 2.24. The first kappa shape index (κ1) is 10.0. The highest BCUT2D eigenvalue weighted by molar-refractivity contribution is 5.06. The molecule has 1 fully saturated rings. The molecular formula is C10H22N2. The molecule has 2 N–H and O–H groups in total. The minimum atomic E-state index is 0.0169. The van der Waals surface area contributed by atoms with Crippen molar-refractivity contribution in [2.45, 2.75) is 38.6 Å². The van der Waals surface area contributed by atoms with Gasteiger partial charge in [-0.05, 0) is 59.2 Å². The smallest absolute Gasteiger partial charge is 0.0154 e. The molecule has 0 spiro atoms. The van der Waals surface area contributed by atoms with Crippen molar-refractivity contribution in [3.8, 4) is 0 Å². The monoisotopic (exact) mass is 170 g/mol. The summed E-state index contributed by atoms with van der Waals surface area (Å²) in [6.45, 7) is 5.49. The van der Waals surface area contributed by atoms with Crippen LogP contribution in [0.2, 0.25) is 0 Å². The normalized spacial score (nSPS) is 21.5. The van der Waals surface area contributed by atoms with Gasteiger partial charge in [-0.2, -0.15) is 0 Å². The minimum Gasteiger partial charge on any atom is -0.325 e. The molecule has 0 saturated heterocycles. The molecule has 0 aromatic carbocycles. The zero-order chi connectivity index (χ0) is 9.41. The molecule has 1 saturated carbocycles. The highest BCUT2D eigenvalue weighted by Gasteiger charge is 2.51. The zero-order valence-corrected chi connectivity index (χ0v) is 8.85. The minimum absolute atomic E-state index is 0.0169. The summed E-state index contributed by atoms with van der Waals surface area (Å²) in [5.41, 5.74) is 6.62. The van der Waals surface area contributed by atoms with Gasteiger partial charge in [0.1, 0.15) is 0 Å². The van der Waals surface area contributed by atoms with Crippen LogP contribution in [0, 0.1) is 5.41 Å². The SMILES string of the molecule is CN(C)CCC1(C(C)(C)N)CC1. The van der Waals surface area contributed by atoms with E-state index in [-0.39, 0.29) is 5.54 Å². The highest BCUT2D eigenvalue weighted by Crippen LogP contribution is 2.55. The summed E-state index contributed by atoms with van der Waals surface area (Å²) in [6, 6.07) is 0. The Balaban J connectivity index is 2.40. The molecule has 12 heavy (non-hydrogen) atoms. The van der Waals surface area contributed by atoms with Gasteiger partial charge in [0.25, 0.3) is 0 Å². The van der Waals surface area contributed by atoms with Crippen LogP contribution < -0.4 is 5.73 Å². The summed E-state index contributed by atoms with van der Waals surface area (Å²) in [5, 5.41) is 0. The molecule has 0 bridgehead atoms. The third-order valence-electron chi connectivity index (χ3n) is 3.26. The lowest BCUT2D eigenvalue weighted by molar-refractivity contribution is 0.242. The van der Waals surface area contributed by atoms with E-state index in [2.05, 4.69) is 32.8 Å². The largest absolute Gasteiger partial charge is 0.325 e. The van der Waals surface area contributed by atoms with Crippen LogP contribution >= 0.6 is 0 Å². The summed E-state index contributed by atoms with van der Waals surface area (Å²) < 4.78 is 0. The third kappa shape index (κ3) is 1.99. The van der Waals surface area contributed by atoms with Crippen LogP contribution in [0.1, 0.15) is 33.1 Å². The fourth-order valence-corrected chi connectivity index (χ4v) is 1.81. The Bertz CT molecular complexity index is 152. The maximum Gasteiger partial charge on any atom is 0.0154 e. The summed E-state index contributed by atoms with van der Waals surface area (Å²) in [5.74, 6) is 0. The number of hydrogen-bond acceptors (Lipinski definition) is 2.